The van der Waals surface area contributed by atoms with Gasteiger partial charge in [-0.05, 0) is 25.0 Å². The van der Waals surface area contributed by atoms with Crippen molar-refractivity contribution in [2.24, 2.45) is 0 Å². The van der Waals surface area contributed by atoms with Crippen LogP contribution in [0, 0.1) is 0 Å². The molecule has 1 aliphatic carbocycles. The van der Waals surface area contributed by atoms with Gasteiger partial charge in [-0.1, -0.05) is 18.9 Å². The van der Waals surface area contributed by atoms with Crippen molar-refractivity contribution >= 4 is 11.7 Å². The lowest BCUT2D eigenvalue weighted by molar-refractivity contribution is -0.153. The zero-order valence-electron chi connectivity index (χ0n) is 12.4. The van der Waals surface area contributed by atoms with E-state index in [1.807, 2.05) is 0 Å². The Morgan fingerprint density at radius 2 is 2.04 bits per heavy atom. The van der Waals surface area contributed by atoms with Crippen LogP contribution in [-0.4, -0.2) is 36.1 Å². The van der Waals surface area contributed by atoms with E-state index in [9.17, 15) is 23.1 Å². The monoisotopic (exact) mass is 332 g/mol. The zero-order chi connectivity index (χ0) is 16.9. The van der Waals surface area contributed by atoms with Crippen LogP contribution in [0.5, 0.6) is 5.75 Å². The van der Waals surface area contributed by atoms with E-state index >= 15 is 0 Å². The minimum absolute atomic E-state index is 0.0119. The van der Waals surface area contributed by atoms with Crippen molar-refractivity contribution in [3.05, 3.63) is 24.3 Å². The largest absolute Gasteiger partial charge is 0.484 e. The Balaban J connectivity index is 1.88. The predicted molar refractivity (Wildman–Crippen MR) is 78.4 cm³/mol. The number of ether oxygens (including phenoxy) is 1. The Morgan fingerprint density at radius 1 is 1.30 bits per heavy atom. The third-order valence-corrected chi connectivity index (χ3v) is 3.54. The summed E-state index contributed by atoms with van der Waals surface area (Å²) in [4.78, 5) is 11.9. The van der Waals surface area contributed by atoms with Crippen molar-refractivity contribution < 1.29 is 27.8 Å². The zero-order valence-corrected chi connectivity index (χ0v) is 12.4. The van der Waals surface area contributed by atoms with Gasteiger partial charge in [0.1, 0.15) is 5.75 Å². The second kappa shape index (κ2) is 7.54. The number of carbonyl (C=O) groups excluding carboxylic acids is 1. The summed E-state index contributed by atoms with van der Waals surface area (Å²) in [5.41, 5.74) is 0.312. The van der Waals surface area contributed by atoms with Crippen LogP contribution in [0.15, 0.2) is 24.3 Å². The highest BCUT2D eigenvalue weighted by atomic mass is 19.4. The maximum atomic E-state index is 12.1. The molecule has 8 heteroatoms. The Kier molecular flexibility index (Phi) is 5.70. The Labute approximate surface area is 131 Å². The van der Waals surface area contributed by atoms with Gasteiger partial charge >= 0.3 is 12.2 Å². The second-order valence-corrected chi connectivity index (χ2v) is 5.49. The molecule has 2 unspecified atom stereocenters. The molecule has 1 fully saturated rings. The van der Waals surface area contributed by atoms with Crippen molar-refractivity contribution in [3.63, 3.8) is 0 Å². The Morgan fingerprint density at radius 3 is 2.74 bits per heavy atom. The number of urea groups is 1. The molecule has 1 aromatic carbocycles. The van der Waals surface area contributed by atoms with Crippen molar-refractivity contribution in [1.29, 1.82) is 0 Å². The van der Waals surface area contributed by atoms with Crippen LogP contribution in [0.2, 0.25) is 0 Å². The maximum absolute atomic E-state index is 12.1. The smallest absolute Gasteiger partial charge is 0.422 e. The molecule has 0 spiro atoms. The molecule has 128 valence electrons. The molecule has 0 radical (unpaired) electrons. The minimum Gasteiger partial charge on any atom is -0.484 e. The first-order valence-corrected chi connectivity index (χ1v) is 7.39. The van der Waals surface area contributed by atoms with Crippen LogP contribution in [0.3, 0.4) is 0 Å². The number of amides is 2. The SMILES string of the molecule is O=C(Nc1cccc(OCC(F)(F)F)c1)NC1CCCCC1O. The fraction of sp³-hybridized carbons (Fsp3) is 0.533. The number of nitrogens with one attached hydrogen (secondary N) is 2. The average molecular weight is 332 g/mol. The summed E-state index contributed by atoms with van der Waals surface area (Å²) in [5.74, 6) is 0.0119. The minimum atomic E-state index is -4.42. The summed E-state index contributed by atoms with van der Waals surface area (Å²) in [6, 6.07) is 4.88. The van der Waals surface area contributed by atoms with Gasteiger partial charge in [-0.15, -0.1) is 0 Å². The first-order valence-electron chi connectivity index (χ1n) is 7.39. The molecular weight excluding hydrogens is 313 g/mol. The standard InChI is InChI=1S/C15H19F3N2O3/c16-15(17,18)9-23-11-5-3-4-10(8-11)19-14(22)20-12-6-1-2-7-13(12)21/h3-5,8,12-13,21H,1-2,6-7,9H2,(H2,19,20,22). The number of rotatable bonds is 4. The van der Waals surface area contributed by atoms with Crippen molar-refractivity contribution in [2.45, 2.75) is 44.0 Å². The Bertz CT molecular complexity index is 537. The maximum Gasteiger partial charge on any atom is 0.422 e. The lowest BCUT2D eigenvalue weighted by Gasteiger charge is -2.28. The molecule has 23 heavy (non-hydrogen) atoms. The van der Waals surface area contributed by atoms with Gasteiger partial charge in [0, 0.05) is 11.8 Å². The third-order valence-electron chi connectivity index (χ3n) is 3.54. The summed E-state index contributed by atoms with van der Waals surface area (Å²) < 4.78 is 41.0. The number of hydrogen-bond donors (Lipinski definition) is 3. The van der Waals surface area contributed by atoms with Crippen LogP contribution in [-0.2, 0) is 0 Å². The van der Waals surface area contributed by atoms with Crippen molar-refractivity contribution in [3.8, 4) is 5.75 Å². The second-order valence-electron chi connectivity index (χ2n) is 5.49. The molecule has 0 aromatic heterocycles. The lowest BCUT2D eigenvalue weighted by Crippen LogP contribution is -2.46. The molecular formula is C15H19F3N2O3. The van der Waals surface area contributed by atoms with E-state index < -0.39 is 24.9 Å². The normalized spacial score (nSPS) is 21.6. The van der Waals surface area contributed by atoms with Crippen LogP contribution in [0.1, 0.15) is 25.7 Å². The first-order chi connectivity index (χ1) is 10.8. The first kappa shape index (κ1) is 17.4. The van der Waals surface area contributed by atoms with E-state index in [-0.39, 0.29) is 11.8 Å². The molecule has 2 atom stereocenters. The summed E-state index contributed by atoms with van der Waals surface area (Å²) in [6.45, 7) is -1.39. The Hall–Kier alpha value is -1.96. The molecule has 1 saturated carbocycles. The number of hydrogen-bond acceptors (Lipinski definition) is 3. The highest BCUT2D eigenvalue weighted by Gasteiger charge is 2.28. The van der Waals surface area contributed by atoms with Crippen molar-refractivity contribution in [2.75, 3.05) is 11.9 Å². The summed E-state index contributed by atoms with van der Waals surface area (Å²) in [5, 5.41) is 15.0. The molecule has 1 aliphatic rings. The van der Waals surface area contributed by atoms with E-state index in [4.69, 9.17) is 0 Å². The number of aliphatic hydroxyl groups excluding tert-OH is 1. The van der Waals surface area contributed by atoms with Gasteiger partial charge in [-0.2, -0.15) is 13.2 Å². The summed E-state index contributed by atoms with van der Waals surface area (Å²) in [7, 11) is 0. The van der Waals surface area contributed by atoms with Gasteiger partial charge in [0.15, 0.2) is 6.61 Å². The number of halogens is 3. The van der Waals surface area contributed by atoms with Gasteiger partial charge < -0.3 is 20.5 Å². The van der Waals surface area contributed by atoms with E-state index in [0.717, 1.165) is 12.8 Å². The molecule has 3 N–H and O–H groups in total. The number of alkyl halides is 3. The molecule has 0 bridgehead atoms. The quantitative estimate of drug-likeness (QED) is 0.794. The molecule has 0 heterocycles. The molecule has 0 saturated heterocycles. The van der Waals surface area contributed by atoms with Gasteiger partial charge in [-0.3, -0.25) is 0 Å². The van der Waals surface area contributed by atoms with Crippen LogP contribution < -0.4 is 15.4 Å². The van der Waals surface area contributed by atoms with Gasteiger partial charge in [0.05, 0.1) is 12.1 Å². The van der Waals surface area contributed by atoms with E-state index in [0.29, 0.717) is 18.5 Å². The van der Waals surface area contributed by atoms with Crippen LogP contribution in [0.25, 0.3) is 0 Å². The highest BCUT2D eigenvalue weighted by molar-refractivity contribution is 5.89. The van der Waals surface area contributed by atoms with E-state index in [1.165, 1.54) is 24.3 Å². The number of anilines is 1. The number of aliphatic hydroxyl groups is 1. The third kappa shape index (κ3) is 5.97. The fourth-order valence-electron chi connectivity index (χ4n) is 2.44. The highest BCUT2D eigenvalue weighted by Crippen LogP contribution is 2.22. The van der Waals surface area contributed by atoms with Crippen molar-refractivity contribution in [1.82, 2.24) is 5.32 Å². The molecule has 0 aliphatic heterocycles. The molecule has 1 aromatic rings. The predicted octanol–water partition coefficient (Wildman–Crippen LogP) is 3.05. The molecule has 2 amide bonds. The topological polar surface area (TPSA) is 70.6 Å². The van der Waals surface area contributed by atoms with Crippen LogP contribution in [0.4, 0.5) is 23.7 Å². The van der Waals surface area contributed by atoms with Gasteiger partial charge in [0.2, 0.25) is 0 Å². The molecule has 2 rings (SSSR count). The van der Waals surface area contributed by atoms with E-state index in [1.54, 1.807) is 0 Å². The van der Waals surface area contributed by atoms with E-state index in [2.05, 4.69) is 15.4 Å². The van der Waals surface area contributed by atoms with Gasteiger partial charge in [-0.25, -0.2) is 4.79 Å². The number of benzene rings is 1. The summed E-state index contributed by atoms with van der Waals surface area (Å²) >= 11 is 0. The number of carbonyl (C=O) groups is 1. The summed E-state index contributed by atoms with van der Waals surface area (Å²) in [6.07, 6.45) is -1.79. The fourth-order valence-corrected chi connectivity index (χ4v) is 2.44. The molecule has 5 nitrogen and oxygen atoms in total. The van der Waals surface area contributed by atoms with Crippen LogP contribution >= 0.6 is 0 Å². The van der Waals surface area contributed by atoms with Gasteiger partial charge in [0.25, 0.3) is 0 Å². The lowest BCUT2D eigenvalue weighted by atomic mass is 9.93. The average Bonchev–Trinajstić information content (AvgIpc) is 2.47.